The summed E-state index contributed by atoms with van der Waals surface area (Å²) < 4.78 is 1.54. The van der Waals surface area contributed by atoms with E-state index in [1.165, 1.54) is 17.0 Å². The van der Waals surface area contributed by atoms with E-state index in [1.807, 2.05) is 24.3 Å². The summed E-state index contributed by atoms with van der Waals surface area (Å²) in [5.74, 6) is 4.80. The first-order valence-corrected chi connectivity index (χ1v) is 6.19. The molecule has 0 fully saturated rings. The SMILES string of the molecule is Cc1cc(=O)n(Cc2ccc(CC(=O)NN)cc2)cn1. The number of carbonyl (C=O) groups excluding carboxylic acids is 1. The van der Waals surface area contributed by atoms with E-state index in [0.717, 1.165) is 11.1 Å². The molecule has 0 spiro atoms. The number of hydrogen-bond acceptors (Lipinski definition) is 4. The van der Waals surface area contributed by atoms with Gasteiger partial charge in [0.1, 0.15) is 0 Å². The fourth-order valence-corrected chi connectivity index (χ4v) is 1.83. The second kappa shape index (κ2) is 6.12. The van der Waals surface area contributed by atoms with Gasteiger partial charge in [0.25, 0.3) is 5.56 Å². The van der Waals surface area contributed by atoms with Crippen molar-refractivity contribution in [3.63, 3.8) is 0 Å². The summed E-state index contributed by atoms with van der Waals surface area (Å²) in [6.45, 7) is 2.23. The minimum absolute atomic E-state index is 0.0795. The first-order chi connectivity index (χ1) is 9.58. The van der Waals surface area contributed by atoms with E-state index < -0.39 is 0 Å². The van der Waals surface area contributed by atoms with Crippen LogP contribution < -0.4 is 16.8 Å². The van der Waals surface area contributed by atoms with Crippen molar-refractivity contribution in [1.82, 2.24) is 15.0 Å². The van der Waals surface area contributed by atoms with E-state index in [1.54, 1.807) is 6.92 Å². The van der Waals surface area contributed by atoms with Crippen LogP contribution in [0.25, 0.3) is 0 Å². The lowest BCUT2D eigenvalue weighted by Gasteiger charge is -2.06. The Morgan fingerprint density at radius 1 is 1.30 bits per heavy atom. The summed E-state index contributed by atoms with van der Waals surface area (Å²) in [4.78, 5) is 27.0. The molecule has 0 bridgehead atoms. The average molecular weight is 272 g/mol. The zero-order valence-corrected chi connectivity index (χ0v) is 11.2. The molecule has 0 radical (unpaired) electrons. The van der Waals surface area contributed by atoms with E-state index in [2.05, 4.69) is 10.4 Å². The topological polar surface area (TPSA) is 90.0 Å². The molecule has 1 aromatic carbocycles. The predicted molar refractivity (Wildman–Crippen MR) is 74.8 cm³/mol. The van der Waals surface area contributed by atoms with Crippen molar-refractivity contribution in [1.29, 1.82) is 0 Å². The minimum atomic E-state index is -0.239. The number of hydrogen-bond donors (Lipinski definition) is 2. The molecule has 1 aromatic heterocycles. The lowest BCUT2D eigenvalue weighted by Crippen LogP contribution is -2.31. The molecule has 2 rings (SSSR count). The van der Waals surface area contributed by atoms with E-state index in [4.69, 9.17) is 5.84 Å². The Bertz CT molecular complexity index is 662. The lowest BCUT2D eigenvalue weighted by atomic mass is 10.1. The molecule has 0 saturated carbocycles. The number of aromatic nitrogens is 2. The molecule has 6 nitrogen and oxygen atoms in total. The van der Waals surface area contributed by atoms with Crippen molar-refractivity contribution in [2.45, 2.75) is 19.9 Å². The van der Waals surface area contributed by atoms with Gasteiger partial charge in [-0.2, -0.15) is 0 Å². The Kier molecular flexibility index (Phi) is 4.27. The Balaban J connectivity index is 2.10. The van der Waals surface area contributed by atoms with Crippen LogP contribution in [-0.2, 0) is 17.8 Å². The van der Waals surface area contributed by atoms with Gasteiger partial charge >= 0.3 is 0 Å². The predicted octanol–water partition coefficient (Wildman–Crippen LogP) is 0.132. The molecule has 1 amide bonds. The van der Waals surface area contributed by atoms with Crippen LogP contribution in [0.3, 0.4) is 0 Å². The summed E-state index contributed by atoms with van der Waals surface area (Å²) in [5, 5.41) is 0. The number of hydrazine groups is 1. The Labute approximate surface area is 116 Å². The zero-order chi connectivity index (χ0) is 14.5. The first kappa shape index (κ1) is 14.0. The third kappa shape index (κ3) is 3.52. The maximum absolute atomic E-state index is 11.8. The highest BCUT2D eigenvalue weighted by atomic mass is 16.2. The second-order valence-electron chi connectivity index (χ2n) is 4.56. The number of amides is 1. The van der Waals surface area contributed by atoms with Gasteiger partial charge in [0.05, 0.1) is 19.3 Å². The summed E-state index contributed by atoms with van der Waals surface area (Å²) >= 11 is 0. The quantitative estimate of drug-likeness (QED) is 0.470. The van der Waals surface area contributed by atoms with Crippen LogP contribution in [0.15, 0.2) is 41.5 Å². The van der Waals surface area contributed by atoms with Gasteiger partial charge in [0.15, 0.2) is 0 Å². The molecule has 6 heteroatoms. The molecule has 0 atom stereocenters. The number of nitrogens with two attached hydrogens (primary N) is 1. The first-order valence-electron chi connectivity index (χ1n) is 6.19. The van der Waals surface area contributed by atoms with Crippen LogP contribution in [0.2, 0.25) is 0 Å². The zero-order valence-electron chi connectivity index (χ0n) is 11.2. The maximum atomic E-state index is 11.8. The standard InChI is InChI=1S/C14H16N4O2/c1-10-6-14(20)18(9-16-10)8-12-4-2-11(3-5-12)7-13(19)17-15/h2-6,9H,7-8,15H2,1H3,(H,17,19). The highest BCUT2D eigenvalue weighted by Gasteiger charge is 2.02. The van der Waals surface area contributed by atoms with Gasteiger partial charge < -0.3 is 0 Å². The monoisotopic (exact) mass is 272 g/mol. The van der Waals surface area contributed by atoms with Crippen molar-refractivity contribution in [2.24, 2.45) is 5.84 Å². The third-order valence-electron chi connectivity index (χ3n) is 2.92. The van der Waals surface area contributed by atoms with E-state index >= 15 is 0 Å². The third-order valence-corrected chi connectivity index (χ3v) is 2.92. The minimum Gasteiger partial charge on any atom is -0.295 e. The smallest absolute Gasteiger partial charge is 0.253 e. The number of carbonyl (C=O) groups is 1. The van der Waals surface area contributed by atoms with E-state index in [9.17, 15) is 9.59 Å². The van der Waals surface area contributed by atoms with Gasteiger partial charge in [0, 0.05) is 11.8 Å². The molecule has 2 aromatic rings. The molecule has 0 saturated heterocycles. The molecule has 3 N–H and O–H groups in total. The molecule has 104 valence electrons. The lowest BCUT2D eigenvalue weighted by molar-refractivity contribution is -0.120. The van der Waals surface area contributed by atoms with Gasteiger partial charge in [-0.3, -0.25) is 19.6 Å². The normalized spacial score (nSPS) is 10.3. The highest BCUT2D eigenvalue weighted by Crippen LogP contribution is 2.06. The molecule has 0 unspecified atom stereocenters. The van der Waals surface area contributed by atoms with Crippen molar-refractivity contribution < 1.29 is 4.79 Å². The van der Waals surface area contributed by atoms with Gasteiger partial charge in [-0.15, -0.1) is 0 Å². The average Bonchev–Trinajstić information content (AvgIpc) is 2.44. The summed E-state index contributed by atoms with van der Waals surface area (Å²) in [5.41, 5.74) is 4.55. The summed E-state index contributed by atoms with van der Waals surface area (Å²) in [6.07, 6.45) is 1.77. The maximum Gasteiger partial charge on any atom is 0.253 e. The Morgan fingerprint density at radius 3 is 2.55 bits per heavy atom. The van der Waals surface area contributed by atoms with Gasteiger partial charge in [0.2, 0.25) is 5.91 Å². The van der Waals surface area contributed by atoms with Crippen LogP contribution in [-0.4, -0.2) is 15.5 Å². The van der Waals surface area contributed by atoms with Crippen LogP contribution in [0, 0.1) is 6.92 Å². The summed E-state index contributed by atoms with van der Waals surface area (Å²) in [6, 6.07) is 8.95. The largest absolute Gasteiger partial charge is 0.295 e. The molecular weight excluding hydrogens is 256 g/mol. The van der Waals surface area contributed by atoms with E-state index in [0.29, 0.717) is 12.2 Å². The van der Waals surface area contributed by atoms with Crippen LogP contribution in [0.4, 0.5) is 0 Å². The molecule has 0 aliphatic carbocycles. The molecule has 20 heavy (non-hydrogen) atoms. The van der Waals surface area contributed by atoms with Crippen molar-refractivity contribution in [2.75, 3.05) is 0 Å². The molecular formula is C14H16N4O2. The van der Waals surface area contributed by atoms with Crippen LogP contribution in [0.5, 0.6) is 0 Å². The number of nitrogens with one attached hydrogen (secondary N) is 1. The second-order valence-corrected chi connectivity index (χ2v) is 4.56. The Hall–Kier alpha value is -2.47. The van der Waals surface area contributed by atoms with Crippen molar-refractivity contribution in [3.05, 3.63) is 63.8 Å². The fourth-order valence-electron chi connectivity index (χ4n) is 1.83. The van der Waals surface area contributed by atoms with Gasteiger partial charge in [-0.25, -0.2) is 10.8 Å². The van der Waals surface area contributed by atoms with Gasteiger partial charge in [-0.05, 0) is 18.1 Å². The number of nitrogens with zero attached hydrogens (tertiary/aromatic N) is 2. The van der Waals surface area contributed by atoms with Crippen LogP contribution in [0.1, 0.15) is 16.8 Å². The fraction of sp³-hybridized carbons (Fsp3) is 0.214. The highest BCUT2D eigenvalue weighted by molar-refractivity contribution is 5.77. The molecule has 1 heterocycles. The summed E-state index contributed by atoms with van der Waals surface area (Å²) in [7, 11) is 0. The van der Waals surface area contributed by atoms with Crippen LogP contribution >= 0.6 is 0 Å². The number of benzene rings is 1. The van der Waals surface area contributed by atoms with Gasteiger partial charge in [-0.1, -0.05) is 24.3 Å². The van der Waals surface area contributed by atoms with Crippen molar-refractivity contribution >= 4 is 5.91 Å². The molecule has 0 aliphatic rings. The molecule has 0 aliphatic heterocycles. The van der Waals surface area contributed by atoms with E-state index in [-0.39, 0.29) is 17.9 Å². The number of aryl methyl sites for hydroxylation is 1. The Morgan fingerprint density at radius 2 is 1.95 bits per heavy atom. The van der Waals surface area contributed by atoms with Crippen molar-refractivity contribution in [3.8, 4) is 0 Å². The number of rotatable bonds is 4.